The van der Waals surface area contributed by atoms with Crippen molar-refractivity contribution in [1.29, 1.82) is 0 Å². The van der Waals surface area contributed by atoms with Crippen LogP contribution in [0.15, 0.2) is 276 Å². The van der Waals surface area contributed by atoms with E-state index in [-0.39, 0.29) is 0 Å². The molecule has 0 saturated carbocycles. The molecule has 2 heterocycles. The van der Waals surface area contributed by atoms with Gasteiger partial charge in [0.25, 0.3) is 0 Å². The van der Waals surface area contributed by atoms with Gasteiger partial charge in [0.15, 0.2) is 0 Å². The van der Waals surface area contributed by atoms with Crippen LogP contribution in [0.2, 0.25) is 0 Å². The molecule has 0 aliphatic heterocycles. The molecule has 0 N–H and O–H groups in total. The summed E-state index contributed by atoms with van der Waals surface area (Å²) in [6.45, 7) is 0. The largest absolute Gasteiger partial charge is 0.456 e. The molecule has 0 fully saturated rings. The number of hydrogen-bond acceptors (Lipinski definition) is 4. The molecule has 1 atom stereocenters. The molecule has 1 spiro atoms. The second kappa shape index (κ2) is 15.9. The Morgan fingerprint density at radius 3 is 1.45 bits per heavy atom. The summed E-state index contributed by atoms with van der Waals surface area (Å²) in [5.74, 6) is 0. The zero-order valence-electron chi connectivity index (χ0n) is 41.6. The van der Waals surface area contributed by atoms with Crippen LogP contribution in [0.4, 0.5) is 34.1 Å². The summed E-state index contributed by atoms with van der Waals surface area (Å²) in [6, 6.07) is 98.0. The molecule has 0 radical (unpaired) electrons. The molecule has 2 aromatic heterocycles. The number of nitrogens with zero attached hydrogens (tertiary/aromatic N) is 2. The molecule has 15 aromatic rings. The number of anilines is 6. The first-order valence-electron chi connectivity index (χ1n) is 26.5. The van der Waals surface area contributed by atoms with Crippen LogP contribution >= 0.6 is 0 Å². The van der Waals surface area contributed by atoms with Crippen LogP contribution in [-0.4, -0.2) is 0 Å². The Morgan fingerprint density at radius 1 is 0.247 bits per heavy atom. The van der Waals surface area contributed by atoms with E-state index in [2.05, 4.69) is 252 Å². The fraction of sp³-hybridized carbons (Fsp3) is 0.0137. The van der Waals surface area contributed by atoms with E-state index in [0.717, 1.165) is 78.0 Å². The molecule has 13 aromatic carbocycles. The zero-order chi connectivity index (χ0) is 50.3. The van der Waals surface area contributed by atoms with Gasteiger partial charge in [-0.25, -0.2) is 0 Å². The highest BCUT2D eigenvalue weighted by Crippen LogP contribution is 2.65. The standard InChI is InChI=1S/C73H44N2O2/c1-3-16-49(17-4-1)74(53-32-37-69-62(43-53)57-21-10-13-25-67(57)76-69)51-30-27-46-41-61-59-34-28-47-39-52(75(50-18-5-2-6-19-50)54-33-38-70-63(44-54)58-22-11-14-26-68(58)77-70)31-35-56(47)72(59)73(66(61)42-48(46)40-51)64-24-12-9-23-60(64)71-55-20-8-7-15-45(55)29-36-65(71)73/h1-44H. The minimum Gasteiger partial charge on any atom is -0.456 e. The molecule has 4 heteroatoms. The van der Waals surface area contributed by atoms with Crippen molar-refractivity contribution >= 4 is 110 Å². The maximum absolute atomic E-state index is 6.32. The third kappa shape index (κ3) is 5.98. The number of hydrogen-bond donors (Lipinski definition) is 0. The van der Waals surface area contributed by atoms with Crippen LogP contribution in [0, 0.1) is 0 Å². The van der Waals surface area contributed by atoms with Crippen LogP contribution in [0.3, 0.4) is 0 Å². The summed E-state index contributed by atoms with van der Waals surface area (Å²) >= 11 is 0. The van der Waals surface area contributed by atoms with Crippen molar-refractivity contribution in [3.8, 4) is 22.3 Å². The predicted octanol–water partition coefficient (Wildman–Crippen LogP) is 20.2. The minimum atomic E-state index is -0.620. The molecule has 2 aliphatic carbocycles. The first kappa shape index (κ1) is 42.2. The van der Waals surface area contributed by atoms with Gasteiger partial charge < -0.3 is 18.6 Å². The summed E-state index contributed by atoms with van der Waals surface area (Å²) in [7, 11) is 0. The molecule has 0 amide bonds. The molecule has 1 unspecified atom stereocenters. The average molecular weight is 981 g/mol. The van der Waals surface area contributed by atoms with Crippen LogP contribution in [0.5, 0.6) is 0 Å². The van der Waals surface area contributed by atoms with Gasteiger partial charge in [-0.2, -0.15) is 0 Å². The first-order chi connectivity index (χ1) is 38.2. The molecular weight excluding hydrogens is 937 g/mol. The number of para-hydroxylation sites is 4. The zero-order valence-corrected chi connectivity index (χ0v) is 41.6. The van der Waals surface area contributed by atoms with Gasteiger partial charge in [-0.1, -0.05) is 158 Å². The van der Waals surface area contributed by atoms with Crippen LogP contribution in [0.25, 0.3) is 98.4 Å². The van der Waals surface area contributed by atoms with Crippen LogP contribution in [-0.2, 0) is 5.41 Å². The van der Waals surface area contributed by atoms with E-state index in [1.807, 2.05) is 24.3 Å². The molecule has 358 valence electrons. The molecule has 17 rings (SSSR count). The lowest BCUT2D eigenvalue weighted by Crippen LogP contribution is -2.26. The minimum absolute atomic E-state index is 0.620. The van der Waals surface area contributed by atoms with E-state index in [0.29, 0.717) is 0 Å². The van der Waals surface area contributed by atoms with Crippen LogP contribution < -0.4 is 9.80 Å². The van der Waals surface area contributed by atoms with Crippen molar-refractivity contribution in [3.63, 3.8) is 0 Å². The Hall–Kier alpha value is -10.2. The smallest absolute Gasteiger partial charge is 0.135 e. The lowest BCUT2D eigenvalue weighted by molar-refractivity contribution is 0.668. The summed E-state index contributed by atoms with van der Waals surface area (Å²) in [5, 5.41) is 11.7. The highest BCUT2D eigenvalue weighted by molar-refractivity contribution is 6.12. The topological polar surface area (TPSA) is 32.8 Å². The fourth-order valence-electron chi connectivity index (χ4n) is 13.5. The Morgan fingerprint density at radius 2 is 0.766 bits per heavy atom. The van der Waals surface area contributed by atoms with Gasteiger partial charge in [0.2, 0.25) is 0 Å². The second-order valence-electron chi connectivity index (χ2n) is 20.7. The third-order valence-corrected chi connectivity index (χ3v) is 16.7. The molecule has 77 heavy (non-hydrogen) atoms. The number of rotatable bonds is 6. The number of fused-ring (bicyclic) bond motifs is 21. The maximum Gasteiger partial charge on any atom is 0.135 e. The SMILES string of the molecule is c1ccc(N(c2ccc3cc4c(cc3c2)C2(c3ccccc3-c3c2ccc2ccccc32)c2c-4ccc3cc(N(c4ccccc4)c4ccc5oc6ccccc6c5c4)ccc23)c2ccc3oc4ccccc4c3c2)cc1. The van der Waals surface area contributed by atoms with Gasteiger partial charge in [-0.05, 0) is 186 Å². The molecule has 4 nitrogen and oxygen atoms in total. The lowest BCUT2D eigenvalue weighted by atomic mass is 9.69. The number of benzene rings is 13. The summed E-state index contributed by atoms with van der Waals surface area (Å²) in [6.07, 6.45) is 0. The quantitative estimate of drug-likeness (QED) is 0.166. The van der Waals surface area contributed by atoms with E-state index in [1.54, 1.807) is 0 Å². The predicted molar refractivity (Wildman–Crippen MR) is 319 cm³/mol. The van der Waals surface area contributed by atoms with Gasteiger partial charge in [0.1, 0.15) is 22.3 Å². The second-order valence-corrected chi connectivity index (χ2v) is 20.7. The molecule has 2 aliphatic rings. The van der Waals surface area contributed by atoms with Gasteiger partial charge in [-0.15, -0.1) is 0 Å². The third-order valence-electron chi connectivity index (χ3n) is 16.7. The summed E-state index contributed by atoms with van der Waals surface area (Å²) < 4.78 is 12.6. The molecular formula is C73H44N2O2. The average Bonchev–Trinajstić information content (AvgIpc) is 3.68. The Balaban J connectivity index is 0.898. The Labute approximate surface area is 443 Å². The Kier molecular flexibility index (Phi) is 8.73. The highest BCUT2D eigenvalue weighted by atomic mass is 16.3. The van der Waals surface area contributed by atoms with E-state index >= 15 is 0 Å². The van der Waals surface area contributed by atoms with E-state index < -0.39 is 5.41 Å². The van der Waals surface area contributed by atoms with E-state index in [9.17, 15) is 0 Å². The van der Waals surface area contributed by atoms with Gasteiger partial charge in [0, 0.05) is 55.7 Å². The Bertz CT molecular complexity index is 4950. The monoisotopic (exact) mass is 980 g/mol. The van der Waals surface area contributed by atoms with Crippen molar-refractivity contribution in [2.75, 3.05) is 9.80 Å². The van der Waals surface area contributed by atoms with Crippen molar-refractivity contribution in [1.82, 2.24) is 0 Å². The van der Waals surface area contributed by atoms with Crippen LogP contribution in [0.1, 0.15) is 22.3 Å². The van der Waals surface area contributed by atoms with Gasteiger partial charge in [-0.3, -0.25) is 0 Å². The van der Waals surface area contributed by atoms with Crippen molar-refractivity contribution < 1.29 is 8.83 Å². The van der Waals surface area contributed by atoms with Crippen molar-refractivity contribution in [2.24, 2.45) is 0 Å². The fourth-order valence-corrected chi connectivity index (χ4v) is 13.5. The van der Waals surface area contributed by atoms with Crippen molar-refractivity contribution in [2.45, 2.75) is 5.41 Å². The highest BCUT2D eigenvalue weighted by Gasteiger charge is 2.53. The lowest BCUT2D eigenvalue weighted by Gasteiger charge is -2.32. The maximum atomic E-state index is 6.32. The molecule has 0 saturated heterocycles. The van der Waals surface area contributed by atoms with Gasteiger partial charge >= 0.3 is 0 Å². The summed E-state index contributed by atoms with van der Waals surface area (Å²) in [4.78, 5) is 4.76. The van der Waals surface area contributed by atoms with Crippen molar-refractivity contribution in [3.05, 3.63) is 289 Å². The summed E-state index contributed by atoms with van der Waals surface area (Å²) in [5.41, 5.74) is 19.8. The number of furan rings is 2. The van der Waals surface area contributed by atoms with Gasteiger partial charge in [0.05, 0.1) is 5.41 Å². The first-order valence-corrected chi connectivity index (χ1v) is 26.5. The van der Waals surface area contributed by atoms with E-state index in [4.69, 9.17) is 8.83 Å². The molecule has 0 bridgehead atoms. The van der Waals surface area contributed by atoms with E-state index in [1.165, 1.54) is 76.8 Å². The normalized spacial score (nSPS) is 14.3.